The SMILES string of the molecule is CCCCOC(=O)C(C#N)=[N+]=[N-]. The predicted octanol–water partition coefficient (Wildman–Crippen LogP) is 0.524. The summed E-state index contributed by atoms with van der Waals surface area (Å²) in [6.45, 7) is 2.19. The maximum absolute atomic E-state index is 10.7. The van der Waals surface area contributed by atoms with Crippen LogP contribution in [-0.4, -0.2) is 23.1 Å². The molecule has 0 aliphatic rings. The van der Waals surface area contributed by atoms with Gasteiger partial charge in [-0.05, 0) is 6.42 Å². The van der Waals surface area contributed by atoms with Crippen molar-refractivity contribution in [2.75, 3.05) is 6.61 Å². The second-order valence-corrected chi connectivity index (χ2v) is 2.05. The molecule has 0 spiro atoms. The van der Waals surface area contributed by atoms with E-state index in [0.29, 0.717) is 0 Å². The molecule has 0 unspecified atom stereocenters. The lowest BCUT2D eigenvalue weighted by molar-refractivity contribution is -0.139. The smallest absolute Gasteiger partial charge is 0.456 e. The number of nitriles is 1. The molecule has 0 bridgehead atoms. The van der Waals surface area contributed by atoms with Crippen LogP contribution in [0.2, 0.25) is 0 Å². The molecule has 0 saturated carbocycles. The summed E-state index contributed by atoms with van der Waals surface area (Å²) in [7, 11) is 0. The van der Waals surface area contributed by atoms with Gasteiger partial charge in [0, 0.05) is 0 Å². The lowest BCUT2D eigenvalue weighted by atomic mass is 10.3. The molecule has 0 aromatic rings. The molecule has 0 N–H and O–H groups in total. The van der Waals surface area contributed by atoms with Crippen molar-refractivity contribution in [1.82, 2.24) is 0 Å². The lowest BCUT2D eigenvalue weighted by Crippen LogP contribution is -2.17. The molecule has 5 heteroatoms. The summed E-state index contributed by atoms with van der Waals surface area (Å²) < 4.78 is 4.57. The molecule has 0 aromatic heterocycles. The highest BCUT2D eigenvalue weighted by Gasteiger charge is 2.20. The molecule has 0 atom stereocenters. The van der Waals surface area contributed by atoms with E-state index in [1.165, 1.54) is 6.07 Å². The van der Waals surface area contributed by atoms with E-state index < -0.39 is 11.7 Å². The van der Waals surface area contributed by atoms with Crippen LogP contribution < -0.4 is 0 Å². The third-order valence-corrected chi connectivity index (χ3v) is 1.13. The Hall–Kier alpha value is -1.66. The second-order valence-electron chi connectivity index (χ2n) is 2.05. The maximum Gasteiger partial charge on any atom is 0.475 e. The first-order chi connectivity index (χ1) is 5.76. The van der Waals surface area contributed by atoms with Crippen LogP contribution in [0.5, 0.6) is 0 Å². The number of hydrogen-bond donors (Lipinski definition) is 0. The van der Waals surface area contributed by atoms with Gasteiger partial charge in [0.2, 0.25) is 0 Å². The van der Waals surface area contributed by atoms with Crippen molar-refractivity contribution in [3.05, 3.63) is 5.53 Å². The van der Waals surface area contributed by atoms with E-state index in [1.54, 1.807) is 0 Å². The Labute approximate surface area is 70.2 Å². The van der Waals surface area contributed by atoms with Gasteiger partial charge in [0.1, 0.15) is 0 Å². The summed E-state index contributed by atoms with van der Waals surface area (Å²) in [6.07, 6.45) is 1.63. The van der Waals surface area contributed by atoms with Gasteiger partial charge in [-0.25, -0.2) is 4.79 Å². The molecule has 64 valence electrons. The van der Waals surface area contributed by atoms with Crippen LogP contribution in [0.1, 0.15) is 19.8 Å². The van der Waals surface area contributed by atoms with Crippen molar-refractivity contribution < 1.29 is 14.3 Å². The Balaban J connectivity index is 3.90. The molecule has 0 aliphatic carbocycles. The molecule has 0 aromatic carbocycles. The highest BCUT2D eigenvalue weighted by molar-refractivity contribution is 6.40. The average molecular weight is 167 g/mol. The van der Waals surface area contributed by atoms with Crippen LogP contribution in [0, 0.1) is 11.3 Å². The molecule has 0 heterocycles. The number of carbonyl (C=O) groups is 1. The van der Waals surface area contributed by atoms with Gasteiger partial charge in [-0.15, -0.1) is 4.79 Å². The highest BCUT2D eigenvalue weighted by atomic mass is 16.5. The zero-order valence-corrected chi connectivity index (χ0v) is 6.78. The normalized spacial score (nSPS) is 8.00. The van der Waals surface area contributed by atoms with Crippen LogP contribution in [0.15, 0.2) is 0 Å². The van der Waals surface area contributed by atoms with Gasteiger partial charge in [0.15, 0.2) is 6.07 Å². The van der Waals surface area contributed by atoms with Crippen molar-refractivity contribution in [2.45, 2.75) is 19.8 Å². The van der Waals surface area contributed by atoms with E-state index in [1.807, 2.05) is 6.92 Å². The number of esters is 1. The number of carbonyl (C=O) groups excluding carboxylic acids is 1. The fourth-order valence-electron chi connectivity index (χ4n) is 0.486. The minimum Gasteiger partial charge on any atom is -0.456 e. The van der Waals surface area contributed by atoms with Crippen LogP contribution in [0.4, 0.5) is 0 Å². The summed E-state index contributed by atoms with van der Waals surface area (Å²) in [5.74, 6) is -0.881. The van der Waals surface area contributed by atoms with Crippen LogP contribution in [0.25, 0.3) is 5.53 Å². The van der Waals surface area contributed by atoms with E-state index in [9.17, 15) is 4.79 Å². The van der Waals surface area contributed by atoms with Crippen molar-refractivity contribution in [3.63, 3.8) is 0 Å². The van der Waals surface area contributed by atoms with Crippen LogP contribution in [-0.2, 0) is 9.53 Å². The van der Waals surface area contributed by atoms with Crippen molar-refractivity contribution in [1.29, 1.82) is 5.26 Å². The van der Waals surface area contributed by atoms with E-state index in [2.05, 4.69) is 9.53 Å². The van der Waals surface area contributed by atoms with Crippen LogP contribution in [0.3, 0.4) is 0 Å². The van der Waals surface area contributed by atoms with E-state index in [-0.39, 0.29) is 6.61 Å². The van der Waals surface area contributed by atoms with Gasteiger partial charge < -0.3 is 10.3 Å². The number of ether oxygens (including phenoxy) is 1. The number of rotatable bonds is 4. The molecule has 0 saturated heterocycles. The number of unbranched alkanes of at least 4 members (excludes halogenated alkanes) is 1. The molecular weight excluding hydrogens is 158 g/mol. The highest BCUT2D eigenvalue weighted by Crippen LogP contribution is 1.88. The first kappa shape index (κ1) is 10.3. The first-order valence-electron chi connectivity index (χ1n) is 3.55. The Morgan fingerprint density at radius 1 is 1.75 bits per heavy atom. The van der Waals surface area contributed by atoms with E-state index in [4.69, 9.17) is 10.8 Å². The van der Waals surface area contributed by atoms with Gasteiger partial charge in [-0.1, -0.05) is 13.3 Å². The van der Waals surface area contributed by atoms with Gasteiger partial charge in [0.05, 0.1) is 6.61 Å². The molecule has 0 rings (SSSR count). The molecule has 5 nitrogen and oxygen atoms in total. The summed E-state index contributed by atoms with van der Waals surface area (Å²) in [5, 5.41) is 8.21. The fraction of sp³-hybridized carbons (Fsp3) is 0.571. The molecular formula is C7H9N3O2. The van der Waals surface area contributed by atoms with Gasteiger partial charge >= 0.3 is 11.7 Å². The van der Waals surface area contributed by atoms with E-state index >= 15 is 0 Å². The zero-order valence-electron chi connectivity index (χ0n) is 6.78. The monoisotopic (exact) mass is 167 g/mol. The quantitative estimate of drug-likeness (QED) is 0.201. The van der Waals surface area contributed by atoms with Gasteiger partial charge in [-0.2, -0.15) is 5.26 Å². The predicted molar refractivity (Wildman–Crippen MR) is 40.1 cm³/mol. The molecule has 0 radical (unpaired) electrons. The second kappa shape index (κ2) is 6.08. The first-order valence-corrected chi connectivity index (χ1v) is 3.55. The summed E-state index contributed by atoms with van der Waals surface area (Å²) in [6, 6.07) is 1.40. The zero-order chi connectivity index (χ0) is 9.40. The minimum atomic E-state index is -0.881. The fourth-order valence-corrected chi connectivity index (χ4v) is 0.486. The third-order valence-electron chi connectivity index (χ3n) is 1.13. The van der Waals surface area contributed by atoms with Gasteiger partial charge in [0.25, 0.3) is 0 Å². The lowest BCUT2D eigenvalue weighted by Gasteiger charge is -1.96. The largest absolute Gasteiger partial charge is 0.475 e. The Morgan fingerprint density at radius 3 is 2.83 bits per heavy atom. The number of nitrogens with zero attached hydrogens (tertiary/aromatic N) is 3. The molecule has 0 aliphatic heterocycles. The maximum atomic E-state index is 10.7. The summed E-state index contributed by atoms with van der Waals surface area (Å²) >= 11 is 0. The average Bonchev–Trinajstić information content (AvgIpc) is 2.07. The molecule has 0 fully saturated rings. The third kappa shape index (κ3) is 3.49. The van der Waals surface area contributed by atoms with Crippen molar-refractivity contribution >= 4 is 11.7 Å². The standard InChI is InChI=1S/C7H9N3O2/c1-2-3-4-12-7(11)6(5-8)10-9/h2-4H2,1H3. The Kier molecular flexibility index (Phi) is 5.24. The molecule has 0 amide bonds. The Bertz CT molecular complexity index is 248. The number of hydrogen-bond acceptors (Lipinski definition) is 3. The summed E-state index contributed by atoms with van der Waals surface area (Å²) in [4.78, 5) is 13.2. The molecule has 12 heavy (non-hydrogen) atoms. The van der Waals surface area contributed by atoms with Crippen molar-refractivity contribution in [2.24, 2.45) is 0 Å². The van der Waals surface area contributed by atoms with Gasteiger partial charge in [-0.3, -0.25) is 0 Å². The summed E-state index contributed by atoms with van der Waals surface area (Å²) in [5.41, 5.74) is 7.50. The van der Waals surface area contributed by atoms with Crippen molar-refractivity contribution in [3.8, 4) is 6.07 Å². The Morgan fingerprint density at radius 2 is 2.42 bits per heavy atom. The van der Waals surface area contributed by atoms with Crippen LogP contribution >= 0.6 is 0 Å². The topological polar surface area (TPSA) is 86.5 Å². The minimum absolute atomic E-state index is 0.246. The van der Waals surface area contributed by atoms with E-state index in [0.717, 1.165) is 12.8 Å².